The summed E-state index contributed by atoms with van der Waals surface area (Å²) in [7, 11) is 7.03. The van der Waals surface area contributed by atoms with Gasteiger partial charge in [0, 0.05) is 166 Å². The summed E-state index contributed by atoms with van der Waals surface area (Å²) in [5.74, 6) is -1.00. The first kappa shape index (κ1) is 55.2. The van der Waals surface area contributed by atoms with Gasteiger partial charge in [0.15, 0.2) is 0 Å². The third kappa shape index (κ3) is 10.3. The Bertz CT molecular complexity index is 4310. The van der Waals surface area contributed by atoms with Crippen molar-refractivity contribution in [2.75, 3.05) is 47.8 Å². The Balaban J connectivity index is 1.13. The Morgan fingerprint density at radius 3 is 0.716 bits per heavy atom. The molecule has 16 nitrogen and oxygen atoms in total. The average Bonchev–Trinajstić information content (AvgIpc) is 3.24. The summed E-state index contributed by atoms with van der Waals surface area (Å²) < 4.78 is 0. The summed E-state index contributed by atoms with van der Waals surface area (Å²) in [5.41, 5.74) is 12.8. The van der Waals surface area contributed by atoms with Gasteiger partial charge < -0.3 is 39.5 Å². The fraction of sp³-hybridized carbons (Fsp3) is 0.0556. The van der Waals surface area contributed by atoms with Crippen LogP contribution in [0.3, 0.4) is 0 Å². The highest BCUT2D eigenvalue weighted by molar-refractivity contribution is 6.10. The van der Waals surface area contributed by atoms with Gasteiger partial charge in [-0.05, 0) is 121 Å². The number of amides is 4. The molecule has 0 saturated heterocycles. The Labute approximate surface area is 505 Å². The maximum absolute atomic E-state index is 14.5. The fourth-order valence-electron chi connectivity index (χ4n) is 11.6. The van der Waals surface area contributed by atoms with Gasteiger partial charge in [0.2, 0.25) is 0 Å². The van der Waals surface area contributed by atoms with Crippen molar-refractivity contribution < 1.29 is 19.2 Å². The lowest BCUT2D eigenvalue weighted by atomic mass is 9.99. The number of aromatic amines is 4. The highest BCUT2D eigenvalue weighted by Crippen LogP contribution is 2.37. The number of rotatable bonds is 12. The van der Waals surface area contributed by atoms with Gasteiger partial charge >= 0.3 is 0 Å². The molecule has 9 heterocycles. The molecule has 0 spiro atoms. The van der Waals surface area contributed by atoms with Crippen LogP contribution in [0.2, 0.25) is 0 Å². The Kier molecular flexibility index (Phi) is 14.8. The van der Waals surface area contributed by atoms with Gasteiger partial charge in [-0.2, -0.15) is 0 Å². The molecule has 0 unspecified atom stereocenters. The van der Waals surface area contributed by atoms with Crippen molar-refractivity contribution in [1.29, 1.82) is 0 Å². The highest BCUT2D eigenvalue weighted by atomic mass is 16.2. The number of carbonyl (C=O) groups excluding carboxylic acids is 4. The van der Waals surface area contributed by atoms with Gasteiger partial charge in [-0.1, -0.05) is 72.8 Å². The van der Waals surface area contributed by atoms with Crippen molar-refractivity contribution in [3.8, 4) is 0 Å². The number of nitrogens with one attached hydrogen (secondary N) is 4. The number of pyridine rings is 4. The molecular weight excluding hydrogens is 1100 g/mol. The topological polar surface area (TPSA) is 196 Å². The van der Waals surface area contributed by atoms with E-state index in [0.29, 0.717) is 89.2 Å². The molecule has 1 aliphatic rings. The van der Waals surface area contributed by atoms with Gasteiger partial charge in [-0.15, -0.1) is 0 Å². The van der Waals surface area contributed by atoms with E-state index in [0.717, 1.165) is 44.5 Å². The molecule has 1 aliphatic heterocycles. The molecule has 8 aromatic heterocycles. The van der Waals surface area contributed by atoms with Gasteiger partial charge in [-0.25, -0.2) is 0 Å². The van der Waals surface area contributed by atoms with Crippen LogP contribution in [0.4, 0.5) is 22.7 Å². The van der Waals surface area contributed by atoms with Gasteiger partial charge in [0.1, 0.15) is 0 Å². The Morgan fingerprint density at radius 2 is 0.500 bits per heavy atom. The van der Waals surface area contributed by atoms with E-state index in [-0.39, 0.29) is 23.6 Å². The monoisotopic (exact) mass is 1150 g/mol. The standard InChI is InChI=1S/C72H56N12O4/c1-81(69(85)45-17-13-37-73-41-45)61-25-9-5-21-49(61)65-53-29-31-55(77-53)66(50-22-6-10-26-62(50)82(2)70(86)46-18-14-38-74-42-46)57-33-35-59(79-57)68(52-24-8-12-28-64(52)84(4)72(88)48-20-16-40-76-44-48)60-36-34-58(80-60)67(56-32-30-54(65)78-56)51-23-7-11-27-63(51)83(3)71(87)47-19-15-39-75-43-47/h5-44,77-80H,1-4H3. The van der Waals surface area contributed by atoms with E-state index in [9.17, 15) is 19.2 Å². The second-order valence-corrected chi connectivity index (χ2v) is 21.1. The Morgan fingerprint density at radius 1 is 0.273 bits per heavy atom. The summed E-state index contributed by atoms with van der Waals surface area (Å²) in [6.07, 6.45) is 12.8. The maximum Gasteiger partial charge on any atom is 0.259 e. The molecule has 88 heavy (non-hydrogen) atoms. The number of H-pyrrole nitrogens is 4. The quantitative estimate of drug-likeness (QED) is 0.0930. The lowest BCUT2D eigenvalue weighted by Crippen LogP contribution is -2.28. The zero-order valence-corrected chi connectivity index (χ0v) is 48.3. The first-order valence-corrected chi connectivity index (χ1v) is 28.4. The largest absolute Gasteiger partial charge is 0.354 e. The molecule has 0 aliphatic carbocycles. The van der Waals surface area contributed by atoms with E-state index in [1.54, 1.807) is 146 Å². The van der Waals surface area contributed by atoms with E-state index in [4.69, 9.17) is 0 Å². The molecule has 4 amide bonds. The number of benzene rings is 4. The summed E-state index contributed by atoms with van der Waals surface area (Å²) in [6, 6.07) is 61.3. The predicted molar refractivity (Wildman–Crippen MR) is 342 cm³/mol. The van der Waals surface area contributed by atoms with Crippen LogP contribution in [-0.4, -0.2) is 91.7 Å². The van der Waals surface area contributed by atoms with Crippen LogP contribution in [0.25, 0.3) is 22.3 Å². The molecule has 0 fully saturated rings. The number of hydrogen-bond donors (Lipinski definition) is 4. The molecule has 0 atom stereocenters. The van der Waals surface area contributed by atoms with Gasteiger partial charge in [0.25, 0.3) is 23.6 Å². The SMILES string of the molecule is CN(C(=O)c1cccnc1)c1ccccc1C1=c2ccc([nH]2)=C(c2ccccc2N(C)C(=O)c2cccnc2)c2ccc([nH]2)C(c2ccccc2N(C)C(=O)c2cccnc2)=c2ccc([nH]2)=C(c2ccccc2N(C)C(=O)c2cccnc2)c2ccc1[nH]2. The normalized spacial score (nSPS) is 12.0. The third-order valence-electron chi connectivity index (χ3n) is 15.9. The van der Waals surface area contributed by atoms with E-state index in [1.807, 2.05) is 146 Å². The van der Waals surface area contributed by atoms with Gasteiger partial charge in [-0.3, -0.25) is 39.1 Å². The zero-order valence-electron chi connectivity index (χ0n) is 48.3. The van der Waals surface area contributed by atoms with Crippen molar-refractivity contribution in [1.82, 2.24) is 39.9 Å². The second kappa shape index (κ2) is 23.5. The number of hydrogen-bond acceptors (Lipinski definition) is 8. The van der Waals surface area contributed by atoms with Crippen LogP contribution >= 0.6 is 0 Å². The Hall–Kier alpha value is -12.0. The van der Waals surface area contributed by atoms with E-state index < -0.39 is 0 Å². The minimum Gasteiger partial charge on any atom is -0.354 e. The first-order chi connectivity index (χ1) is 43.0. The average molecular weight is 1150 g/mol. The number of anilines is 4. The van der Waals surface area contributed by atoms with Crippen LogP contribution in [0.5, 0.6) is 0 Å². The van der Waals surface area contributed by atoms with Crippen molar-refractivity contribution >= 4 is 68.7 Å². The van der Waals surface area contributed by atoms with E-state index in [2.05, 4.69) is 39.9 Å². The van der Waals surface area contributed by atoms with Gasteiger partial charge in [0.05, 0.1) is 45.0 Å². The molecule has 8 bridgehead atoms. The molecule has 4 aromatic carbocycles. The maximum atomic E-state index is 14.5. The number of para-hydroxylation sites is 4. The minimum absolute atomic E-state index is 0.251. The number of nitrogens with zero attached hydrogens (tertiary/aromatic N) is 8. The third-order valence-corrected chi connectivity index (χ3v) is 15.9. The minimum atomic E-state index is -0.251. The summed E-state index contributed by atoms with van der Waals surface area (Å²) in [4.78, 5) is 96.9. The van der Waals surface area contributed by atoms with E-state index in [1.165, 1.54) is 0 Å². The predicted octanol–water partition coefficient (Wildman–Crippen LogP) is 8.99. The number of fused-ring (bicyclic) bond motifs is 8. The van der Waals surface area contributed by atoms with Crippen molar-refractivity contribution in [2.24, 2.45) is 0 Å². The molecule has 0 saturated carbocycles. The first-order valence-electron chi connectivity index (χ1n) is 28.4. The molecule has 16 heteroatoms. The number of carbonyl (C=O) groups is 4. The summed E-state index contributed by atoms with van der Waals surface area (Å²) >= 11 is 0. The van der Waals surface area contributed by atoms with Crippen LogP contribution in [0, 0.1) is 0 Å². The van der Waals surface area contributed by atoms with Crippen LogP contribution < -0.4 is 41.0 Å². The van der Waals surface area contributed by atoms with Crippen LogP contribution in [0.15, 0.2) is 244 Å². The summed E-state index contributed by atoms with van der Waals surface area (Å²) in [6.45, 7) is 0. The lowest BCUT2D eigenvalue weighted by molar-refractivity contribution is 0.0985. The van der Waals surface area contributed by atoms with Crippen LogP contribution in [-0.2, 0) is 0 Å². The molecule has 13 rings (SSSR count). The van der Waals surface area contributed by atoms with E-state index >= 15 is 0 Å². The second-order valence-electron chi connectivity index (χ2n) is 21.1. The van der Waals surface area contributed by atoms with Crippen molar-refractivity contribution in [2.45, 2.75) is 0 Å². The fourth-order valence-corrected chi connectivity index (χ4v) is 11.6. The van der Waals surface area contributed by atoms with Crippen molar-refractivity contribution in [3.63, 3.8) is 0 Å². The van der Waals surface area contributed by atoms with Crippen molar-refractivity contribution in [3.05, 3.63) is 332 Å². The smallest absolute Gasteiger partial charge is 0.259 e. The molecule has 428 valence electrons. The molecule has 12 aromatic rings. The van der Waals surface area contributed by atoms with Crippen LogP contribution in [0.1, 0.15) is 86.5 Å². The summed E-state index contributed by atoms with van der Waals surface area (Å²) in [5, 5.41) is 2.78. The molecular formula is C72H56N12O4. The zero-order chi connectivity index (χ0) is 60.4. The number of aromatic nitrogens is 8. The highest BCUT2D eigenvalue weighted by Gasteiger charge is 2.28. The lowest BCUT2D eigenvalue weighted by Gasteiger charge is -2.23. The molecule has 0 radical (unpaired) electrons. The molecule has 4 N–H and O–H groups in total.